The number of ether oxygens (including phenoxy) is 2. The predicted octanol–water partition coefficient (Wildman–Crippen LogP) is 4.20. The van der Waals surface area contributed by atoms with Gasteiger partial charge in [0.2, 0.25) is 0 Å². The first-order valence-corrected chi connectivity index (χ1v) is 11.7. The fraction of sp³-hybridized carbons (Fsp3) is 0.370. The van der Waals surface area contributed by atoms with Gasteiger partial charge >= 0.3 is 0 Å². The van der Waals surface area contributed by atoms with Gasteiger partial charge in [0.15, 0.2) is 11.5 Å². The molecule has 3 aliphatic carbocycles. The van der Waals surface area contributed by atoms with Crippen LogP contribution in [0.3, 0.4) is 0 Å². The predicted molar refractivity (Wildman–Crippen MR) is 123 cm³/mol. The molecule has 1 spiro atoms. The number of rotatable bonds is 7. The highest BCUT2D eigenvalue weighted by Crippen LogP contribution is 2.73. The maximum absolute atomic E-state index is 13.1. The molecule has 0 radical (unpaired) electrons. The van der Waals surface area contributed by atoms with Crippen LogP contribution in [-0.4, -0.2) is 29.6 Å². The van der Waals surface area contributed by atoms with Gasteiger partial charge < -0.3 is 9.47 Å². The van der Waals surface area contributed by atoms with E-state index >= 15 is 0 Å². The zero-order valence-corrected chi connectivity index (χ0v) is 18.5. The highest BCUT2D eigenvalue weighted by Gasteiger charge is 2.73. The van der Waals surface area contributed by atoms with Gasteiger partial charge in [-0.3, -0.25) is 9.59 Å². The summed E-state index contributed by atoms with van der Waals surface area (Å²) in [5.41, 5.74) is 2.00. The minimum Gasteiger partial charge on any atom is -0.490 e. The van der Waals surface area contributed by atoms with E-state index in [1.54, 1.807) is 6.21 Å². The van der Waals surface area contributed by atoms with Crippen molar-refractivity contribution in [3.05, 3.63) is 71.8 Å². The molecule has 0 N–H and O–H groups in total. The number of hydrazone groups is 1. The molecule has 2 aromatic rings. The van der Waals surface area contributed by atoms with Crippen LogP contribution in [0.25, 0.3) is 0 Å². The number of hydrogen-bond acceptors (Lipinski definition) is 5. The standard InChI is InChI=1S/C27H26N2O4/c1-2-32-22-14-18(8-11-21(22)33-16-17-6-4-3-5-7-17)15-28-29-25(30)23-19-9-10-20(24(23)26(29)31)27(19)12-13-27/h3-11,14-15,19-20,23-24H,2,12-13,16H2,1H3/b28-15-/t19-,20-,23-,24+/m1/s1. The van der Waals surface area contributed by atoms with Crippen LogP contribution in [0.5, 0.6) is 11.5 Å². The van der Waals surface area contributed by atoms with Crippen LogP contribution in [0.4, 0.5) is 0 Å². The first kappa shape index (κ1) is 20.2. The van der Waals surface area contributed by atoms with E-state index in [0.29, 0.717) is 24.7 Å². The molecule has 4 aliphatic rings. The zero-order chi connectivity index (χ0) is 22.6. The third-order valence-corrected chi connectivity index (χ3v) is 7.66. The lowest BCUT2D eigenvalue weighted by Crippen LogP contribution is -2.30. The van der Waals surface area contributed by atoms with E-state index in [2.05, 4.69) is 17.3 Å². The Bertz CT molecular complexity index is 1130. The van der Waals surface area contributed by atoms with Gasteiger partial charge in [-0.1, -0.05) is 42.5 Å². The third kappa shape index (κ3) is 3.11. The molecule has 6 nitrogen and oxygen atoms in total. The van der Waals surface area contributed by atoms with E-state index < -0.39 is 0 Å². The van der Waals surface area contributed by atoms with Crippen LogP contribution in [0.15, 0.2) is 65.8 Å². The number of fused-ring (bicyclic) bond motifs is 3. The monoisotopic (exact) mass is 442 g/mol. The second kappa shape index (κ2) is 7.58. The normalized spacial score (nSPS) is 28.2. The van der Waals surface area contributed by atoms with Crippen LogP contribution < -0.4 is 9.47 Å². The van der Waals surface area contributed by atoms with Crippen molar-refractivity contribution in [3.63, 3.8) is 0 Å². The topological polar surface area (TPSA) is 68.2 Å². The average molecular weight is 443 g/mol. The summed E-state index contributed by atoms with van der Waals surface area (Å²) in [6.45, 7) is 2.84. The Kier molecular flexibility index (Phi) is 4.64. The molecule has 6 heteroatoms. The molecule has 0 unspecified atom stereocenters. The highest BCUT2D eigenvalue weighted by molar-refractivity contribution is 6.07. The maximum Gasteiger partial charge on any atom is 0.254 e. The maximum atomic E-state index is 13.1. The molecular weight excluding hydrogens is 416 g/mol. The van der Waals surface area contributed by atoms with Crippen molar-refractivity contribution in [1.29, 1.82) is 0 Å². The van der Waals surface area contributed by atoms with Gasteiger partial charge in [-0.05, 0) is 66.3 Å². The van der Waals surface area contributed by atoms with Crippen molar-refractivity contribution in [1.82, 2.24) is 5.01 Å². The molecular formula is C27H26N2O4. The number of allylic oxidation sites excluding steroid dienone is 2. The number of benzene rings is 2. The number of imide groups is 1. The molecule has 2 bridgehead atoms. The molecule has 1 heterocycles. The molecule has 0 aromatic heterocycles. The summed E-state index contributed by atoms with van der Waals surface area (Å²) in [7, 11) is 0. The first-order valence-electron chi connectivity index (χ1n) is 11.7. The number of carbonyl (C=O) groups is 2. The van der Waals surface area contributed by atoms with E-state index in [0.717, 1.165) is 29.0 Å². The second-order valence-corrected chi connectivity index (χ2v) is 9.37. The minimum atomic E-state index is -0.236. The molecule has 1 saturated heterocycles. The minimum absolute atomic E-state index is 0.155. The molecule has 168 valence electrons. The van der Waals surface area contributed by atoms with Gasteiger partial charge in [0, 0.05) is 0 Å². The molecule has 6 rings (SSSR count). The van der Waals surface area contributed by atoms with Gasteiger partial charge in [0.1, 0.15) is 6.61 Å². The van der Waals surface area contributed by atoms with Gasteiger partial charge in [0.05, 0.1) is 24.7 Å². The van der Waals surface area contributed by atoms with Crippen LogP contribution in [-0.2, 0) is 16.2 Å². The summed E-state index contributed by atoms with van der Waals surface area (Å²) in [5.74, 6) is 0.864. The Balaban J connectivity index is 1.19. The number of carbonyl (C=O) groups excluding carboxylic acids is 2. The van der Waals surface area contributed by atoms with Crippen molar-refractivity contribution >= 4 is 18.0 Å². The van der Waals surface area contributed by atoms with E-state index in [1.807, 2.05) is 55.5 Å². The summed E-state index contributed by atoms with van der Waals surface area (Å²) in [5, 5.41) is 5.41. The van der Waals surface area contributed by atoms with Crippen LogP contribution >= 0.6 is 0 Å². The van der Waals surface area contributed by atoms with E-state index in [9.17, 15) is 9.59 Å². The average Bonchev–Trinajstić information content (AvgIpc) is 3.43. The highest BCUT2D eigenvalue weighted by atomic mass is 16.5. The lowest BCUT2D eigenvalue weighted by atomic mass is 9.85. The zero-order valence-electron chi connectivity index (χ0n) is 18.5. The first-order chi connectivity index (χ1) is 16.1. The summed E-state index contributed by atoms with van der Waals surface area (Å²) in [6, 6.07) is 15.4. The van der Waals surface area contributed by atoms with Crippen LogP contribution in [0.2, 0.25) is 0 Å². The van der Waals surface area contributed by atoms with Gasteiger partial charge in [-0.25, -0.2) is 0 Å². The van der Waals surface area contributed by atoms with Gasteiger partial charge in [-0.2, -0.15) is 10.1 Å². The molecule has 2 amide bonds. The molecule has 1 aliphatic heterocycles. The van der Waals surface area contributed by atoms with E-state index in [4.69, 9.17) is 9.47 Å². The van der Waals surface area contributed by atoms with Crippen molar-refractivity contribution in [2.45, 2.75) is 26.4 Å². The summed E-state index contributed by atoms with van der Waals surface area (Å²) < 4.78 is 11.7. The second-order valence-electron chi connectivity index (χ2n) is 9.37. The Labute approximate surface area is 192 Å². The Morgan fingerprint density at radius 2 is 1.67 bits per heavy atom. The van der Waals surface area contributed by atoms with E-state index in [1.165, 1.54) is 0 Å². The summed E-state index contributed by atoms with van der Waals surface area (Å²) in [4.78, 5) is 26.2. The smallest absolute Gasteiger partial charge is 0.254 e. The Morgan fingerprint density at radius 1 is 0.970 bits per heavy atom. The number of nitrogens with zero attached hydrogens (tertiary/aromatic N) is 2. The molecule has 3 fully saturated rings. The van der Waals surface area contributed by atoms with Crippen molar-refractivity contribution in [3.8, 4) is 11.5 Å². The molecule has 4 atom stereocenters. The van der Waals surface area contributed by atoms with Crippen molar-refractivity contribution in [2.75, 3.05) is 6.61 Å². The summed E-state index contributed by atoms with van der Waals surface area (Å²) >= 11 is 0. The molecule has 2 saturated carbocycles. The molecule has 33 heavy (non-hydrogen) atoms. The van der Waals surface area contributed by atoms with Gasteiger partial charge in [0.25, 0.3) is 11.8 Å². The van der Waals surface area contributed by atoms with Crippen molar-refractivity contribution < 1.29 is 19.1 Å². The lowest BCUT2D eigenvalue weighted by Gasteiger charge is -2.18. The van der Waals surface area contributed by atoms with Crippen LogP contribution in [0, 0.1) is 29.1 Å². The Hall–Kier alpha value is -3.41. The molecule has 2 aromatic carbocycles. The fourth-order valence-corrected chi connectivity index (χ4v) is 6.03. The van der Waals surface area contributed by atoms with E-state index in [-0.39, 0.29) is 40.9 Å². The lowest BCUT2D eigenvalue weighted by molar-refractivity contribution is -0.141. The Morgan fingerprint density at radius 3 is 2.30 bits per heavy atom. The third-order valence-electron chi connectivity index (χ3n) is 7.66. The van der Waals surface area contributed by atoms with Crippen molar-refractivity contribution in [2.24, 2.45) is 34.2 Å². The largest absolute Gasteiger partial charge is 0.490 e. The fourth-order valence-electron chi connectivity index (χ4n) is 6.03. The quantitative estimate of drug-likeness (QED) is 0.366. The van der Waals surface area contributed by atoms with Gasteiger partial charge in [-0.15, -0.1) is 0 Å². The number of amides is 2. The SMILES string of the molecule is CCOc1cc(/C=N\N2C(=O)[C@@H]3[C@H](C2=O)[C@H]2C=C[C@H]3C23CC3)ccc1OCc1ccccc1. The van der Waals surface area contributed by atoms with Crippen LogP contribution in [0.1, 0.15) is 30.9 Å². The number of hydrogen-bond donors (Lipinski definition) is 0. The summed E-state index contributed by atoms with van der Waals surface area (Å²) in [6.07, 6.45) is 8.15.